The van der Waals surface area contributed by atoms with E-state index in [1.54, 1.807) is 18.2 Å². The summed E-state index contributed by atoms with van der Waals surface area (Å²) in [5.41, 5.74) is 6.74. The Labute approximate surface area is 156 Å². The Morgan fingerprint density at radius 1 is 1.13 bits per heavy atom. The molecular weight excluding hydrogens is 447 g/mol. The van der Waals surface area contributed by atoms with Gasteiger partial charge in [0.15, 0.2) is 6.61 Å². The van der Waals surface area contributed by atoms with Crippen molar-refractivity contribution in [1.29, 1.82) is 0 Å². The smallest absolute Gasteiger partial charge is 0.276 e. The second-order valence-electron chi connectivity index (χ2n) is 4.52. The van der Waals surface area contributed by atoms with Crippen LogP contribution in [0.2, 0.25) is 5.02 Å². The lowest BCUT2D eigenvalue weighted by Gasteiger charge is -2.12. The summed E-state index contributed by atoms with van der Waals surface area (Å²) in [4.78, 5) is 11.8. The first kappa shape index (κ1) is 17.8. The molecule has 0 bridgehead atoms. The summed E-state index contributed by atoms with van der Waals surface area (Å²) in [6, 6.07) is 12.6. The third-order valence-electron chi connectivity index (χ3n) is 2.80. The molecule has 0 saturated heterocycles. The standard InChI is InChI=1S/C16H13Br2ClN2O2/c1-10(11-2-4-12(17)5-3-11)20-21-16(22)9-23-15-7-6-13(19)8-14(15)18/h2-8,20H,1,9H2,(H,21,22). The number of rotatable bonds is 6. The lowest BCUT2D eigenvalue weighted by Crippen LogP contribution is -2.39. The summed E-state index contributed by atoms with van der Waals surface area (Å²) < 4.78 is 7.07. The monoisotopic (exact) mass is 458 g/mol. The molecule has 0 spiro atoms. The molecule has 2 aromatic rings. The first-order valence-corrected chi connectivity index (χ1v) is 8.49. The van der Waals surface area contributed by atoms with E-state index in [0.717, 1.165) is 10.0 Å². The SMILES string of the molecule is C=C(NNC(=O)COc1ccc(Cl)cc1Br)c1ccc(Br)cc1. The molecule has 120 valence electrons. The largest absolute Gasteiger partial charge is 0.483 e. The molecule has 1 amide bonds. The molecular formula is C16H13Br2ClN2O2. The van der Waals surface area contributed by atoms with Crippen molar-refractivity contribution in [1.82, 2.24) is 10.9 Å². The van der Waals surface area contributed by atoms with Gasteiger partial charge in [0.25, 0.3) is 5.91 Å². The van der Waals surface area contributed by atoms with E-state index in [2.05, 4.69) is 49.3 Å². The predicted molar refractivity (Wildman–Crippen MR) is 99.1 cm³/mol. The molecule has 2 rings (SSSR count). The Morgan fingerprint density at radius 3 is 2.48 bits per heavy atom. The molecule has 0 radical (unpaired) electrons. The van der Waals surface area contributed by atoms with Crippen LogP contribution in [0.5, 0.6) is 5.75 Å². The van der Waals surface area contributed by atoms with Crippen molar-refractivity contribution in [3.63, 3.8) is 0 Å². The van der Waals surface area contributed by atoms with Crippen LogP contribution in [0.1, 0.15) is 5.56 Å². The zero-order valence-corrected chi connectivity index (χ0v) is 15.8. The third kappa shape index (κ3) is 5.57. The number of carbonyl (C=O) groups excluding carboxylic acids is 1. The fraction of sp³-hybridized carbons (Fsp3) is 0.0625. The predicted octanol–water partition coefficient (Wildman–Crippen LogP) is 4.54. The number of nitrogens with one attached hydrogen (secondary N) is 2. The van der Waals surface area contributed by atoms with Crippen LogP contribution in [0.4, 0.5) is 0 Å². The number of halogens is 3. The molecule has 7 heteroatoms. The second kappa shape index (κ2) is 8.38. The quantitative estimate of drug-likeness (QED) is 0.623. The number of hydrazine groups is 1. The van der Waals surface area contributed by atoms with E-state index in [1.807, 2.05) is 24.3 Å². The summed E-state index contributed by atoms with van der Waals surface area (Å²) in [5, 5.41) is 0.584. The molecule has 0 aliphatic heterocycles. The van der Waals surface area contributed by atoms with Gasteiger partial charge in [-0.05, 0) is 51.8 Å². The minimum Gasteiger partial charge on any atom is -0.483 e. The van der Waals surface area contributed by atoms with Gasteiger partial charge in [0.2, 0.25) is 0 Å². The highest BCUT2D eigenvalue weighted by atomic mass is 79.9. The van der Waals surface area contributed by atoms with Crippen LogP contribution >= 0.6 is 43.5 Å². The summed E-state index contributed by atoms with van der Waals surface area (Å²) in [6.07, 6.45) is 0. The fourth-order valence-electron chi connectivity index (χ4n) is 1.64. The van der Waals surface area contributed by atoms with E-state index in [9.17, 15) is 4.79 Å². The Hall–Kier alpha value is -1.50. The summed E-state index contributed by atoms with van der Waals surface area (Å²) >= 11 is 12.5. The fourth-order valence-corrected chi connectivity index (χ4v) is 2.70. The van der Waals surface area contributed by atoms with Gasteiger partial charge in [0.05, 0.1) is 10.2 Å². The summed E-state index contributed by atoms with van der Waals surface area (Å²) in [7, 11) is 0. The number of carbonyl (C=O) groups is 1. The minimum absolute atomic E-state index is 0.138. The minimum atomic E-state index is -0.329. The average Bonchev–Trinajstić information content (AvgIpc) is 2.52. The maximum atomic E-state index is 11.8. The average molecular weight is 461 g/mol. The molecule has 0 aliphatic carbocycles. The molecule has 0 heterocycles. The zero-order valence-electron chi connectivity index (χ0n) is 11.9. The summed E-state index contributed by atoms with van der Waals surface area (Å²) in [5.74, 6) is 0.210. The van der Waals surface area contributed by atoms with Crippen molar-refractivity contribution in [2.24, 2.45) is 0 Å². The highest BCUT2D eigenvalue weighted by Gasteiger charge is 2.07. The highest BCUT2D eigenvalue weighted by Crippen LogP contribution is 2.27. The van der Waals surface area contributed by atoms with E-state index in [-0.39, 0.29) is 12.5 Å². The first-order chi connectivity index (χ1) is 11.0. The van der Waals surface area contributed by atoms with Crippen LogP contribution in [-0.4, -0.2) is 12.5 Å². The van der Waals surface area contributed by atoms with E-state index in [0.29, 0.717) is 20.9 Å². The van der Waals surface area contributed by atoms with Gasteiger partial charge in [0.1, 0.15) is 5.75 Å². The topological polar surface area (TPSA) is 50.4 Å². The first-order valence-electron chi connectivity index (χ1n) is 6.53. The number of hydrogen-bond donors (Lipinski definition) is 2. The molecule has 0 aromatic heterocycles. The van der Waals surface area contributed by atoms with Crippen LogP contribution in [0.25, 0.3) is 5.70 Å². The van der Waals surface area contributed by atoms with Gasteiger partial charge in [0, 0.05) is 9.50 Å². The Bertz CT molecular complexity index is 721. The van der Waals surface area contributed by atoms with Crippen molar-refractivity contribution in [2.45, 2.75) is 0 Å². The number of ether oxygens (including phenoxy) is 1. The van der Waals surface area contributed by atoms with Crippen molar-refractivity contribution in [3.8, 4) is 5.75 Å². The van der Waals surface area contributed by atoms with Gasteiger partial charge in [-0.2, -0.15) is 0 Å². The van der Waals surface area contributed by atoms with Gasteiger partial charge < -0.3 is 4.74 Å². The van der Waals surface area contributed by atoms with Crippen LogP contribution < -0.4 is 15.6 Å². The lowest BCUT2D eigenvalue weighted by atomic mass is 10.2. The van der Waals surface area contributed by atoms with Gasteiger partial charge >= 0.3 is 0 Å². The Kier molecular flexibility index (Phi) is 6.50. The van der Waals surface area contributed by atoms with Gasteiger partial charge in [-0.1, -0.05) is 46.2 Å². The van der Waals surface area contributed by atoms with Crippen LogP contribution in [-0.2, 0) is 4.79 Å². The van der Waals surface area contributed by atoms with Crippen LogP contribution in [0, 0.1) is 0 Å². The highest BCUT2D eigenvalue weighted by molar-refractivity contribution is 9.10. The molecule has 0 saturated carbocycles. The van der Waals surface area contributed by atoms with Gasteiger partial charge in [-0.15, -0.1) is 0 Å². The summed E-state index contributed by atoms with van der Waals surface area (Å²) in [6.45, 7) is 3.73. The van der Waals surface area contributed by atoms with Crippen molar-refractivity contribution >= 4 is 55.1 Å². The van der Waals surface area contributed by atoms with Crippen molar-refractivity contribution in [3.05, 3.63) is 68.6 Å². The van der Waals surface area contributed by atoms with E-state index >= 15 is 0 Å². The van der Waals surface area contributed by atoms with Crippen molar-refractivity contribution < 1.29 is 9.53 Å². The molecule has 2 aromatic carbocycles. The molecule has 0 aliphatic rings. The zero-order chi connectivity index (χ0) is 16.8. The second-order valence-corrected chi connectivity index (χ2v) is 6.73. The molecule has 23 heavy (non-hydrogen) atoms. The number of hydrogen-bond acceptors (Lipinski definition) is 3. The lowest BCUT2D eigenvalue weighted by molar-refractivity contribution is -0.123. The Morgan fingerprint density at radius 2 is 1.83 bits per heavy atom. The van der Waals surface area contributed by atoms with Gasteiger partial charge in [-0.3, -0.25) is 15.6 Å². The van der Waals surface area contributed by atoms with E-state index < -0.39 is 0 Å². The maximum Gasteiger partial charge on any atom is 0.276 e. The molecule has 0 fully saturated rings. The van der Waals surface area contributed by atoms with Crippen molar-refractivity contribution in [2.75, 3.05) is 6.61 Å². The normalized spacial score (nSPS) is 10.0. The number of benzene rings is 2. The maximum absolute atomic E-state index is 11.8. The molecule has 4 nitrogen and oxygen atoms in total. The Balaban J connectivity index is 1.81. The van der Waals surface area contributed by atoms with Gasteiger partial charge in [-0.25, -0.2) is 0 Å². The molecule has 0 unspecified atom stereocenters. The van der Waals surface area contributed by atoms with Crippen LogP contribution in [0.3, 0.4) is 0 Å². The third-order valence-corrected chi connectivity index (χ3v) is 4.18. The van der Waals surface area contributed by atoms with Crippen LogP contribution in [0.15, 0.2) is 58.0 Å². The molecule has 0 atom stereocenters. The number of amides is 1. The van der Waals surface area contributed by atoms with E-state index in [4.69, 9.17) is 16.3 Å². The molecule has 2 N–H and O–H groups in total. The van der Waals surface area contributed by atoms with E-state index in [1.165, 1.54) is 0 Å².